The van der Waals surface area contributed by atoms with Crippen LogP contribution in [0.3, 0.4) is 0 Å². The molecule has 0 saturated heterocycles. The van der Waals surface area contributed by atoms with Crippen molar-refractivity contribution < 1.29 is 0 Å². The van der Waals surface area contributed by atoms with Crippen LogP contribution in [0.15, 0.2) is 9.85 Å². The lowest BCUT2D eigenvalue weighted by Crippen LogP contribution is -2.29. The standard InChI is InChI=1S/C12H16BrClN4S/c1-6-4-10(19-11(6)13)9(16-15)5-8-7(2)17-18(3)12(8)14/h4,9,16H,5,15H2,1-3H3. The van der Waals surface area contributed by atoms with Crippen molar-refractivity contribution in [1.29, 1.82) is 0 Å². The summed E-state index contributed by atoms with van der Waals surface area (Å²) >= 11 is 11.5. The number of thiophene rings is 1. The van der Waals surface area contributed by atoms with Crippen LogP contribution in [0.25, 0.3) is 0 Å². The minimum atomic E-state index is 0.0374. The number of hydrogen-bond acceptors (Lipinski definition) is 4. The van der Waals surface area contributed by atoms with Crippen molar-refractivity contribution in [3.63, 3.8) is 0 Å². The highest BCUT2D eigenvalue weighted by atomic mass is 79.9. The zero-order valence-electron chi connectivity index (χ0n) is 11.0. The number of nitrogens with zero attached hydrogens (tertiary/aromatic N) is 2. The number of aryl methyl sites for hydroxylation is 3. The van der Waals surface area contributed by atoms with E-state index in [9.17, 15) is 0 Å². The van der Waals surface area contributed by atoms with Gasteiger partial charge in [-0.2, -0.15) is 5.10 Å². The maximum Gasteiger partial charge on any atom is 0.130 e. The van der Waals surface area contributed by atoms with Gasteiger partial charge in [-0.05, 0) is 47.8 Å². The second-order valence-electron chi connectivity index (χ2n) is 4.51. The molecular weight excluding hydrogens is 348 g/mol. The Kier molecular flexibility index (Phi) is 4.68. The van der Waals surface area contributed by atoms with Crippen molar-refractivity contribution in [2.75, 3.05) is 0 Å². The van der Waals surface area contributed by atoms with Gasteiger partial charge >= 0.3 is 0 Å². The van der Waals surface area contributed by atoms with Crippen LogP contribution < -0.4 is 11.3 Å². The van der Waals surface area contributed by atoms with Crippen LogP contribution in [0.2, 0.25) is 5.15 Å². The number of aromatic nitrogens is 2. The molecule has 0 fully saturated rings. The third-order valence-corrected chi connectivity index (χ3v) is 5.82. The van der Waals surface area contributed by atoms with E-state index < -0.39 is 0 Å². The Morgan fingerprint density at radius 3 is 2.68 bits per heavy atom. The Labute approximate surface area is 130 Å². The number of nitrogens with one attached hydrogen (secondary N) is 1. The van der Waals surface area contributed by atoms with Crippen LogP contribution in [0.4, 0.5) is 0 Å². The van der Waals surface area contributed by atoms with Gasteiger partial charge in [0.2, 0.25) is 0 Å². The van der Waals surface area contributed by atoms with Crippen LogP contribution >= 0.6 is 38.9 Å². The smallest absolute Gasteiger partial charge is 0.130 e. The lowest BCUT2D eigenvalue weighted by atomic mass is 10.1. The largest absolute Gasteiger partial charge is 0.271 e. The molecule has 0 aliphatic heterocycles. The van der Waals surface area contributed by atoms with Crippen LogP contribution in [0.1, 0.15) is 27.7 Å². The zero-order chi connectivity index (χ0) is 14.2. The van der Waals surface area contributed by atoms with Crippen LogP contribution in [0, 0.1) is 13.8 Å². The molecule has 0 aromatic carbocycles. The SMILES string of the molecule is Cc1cc(C(Cc2c(C)nn(C)c2Cl)NN)sc1Br. The van der Waals surface area contributed by atoms with E-state index in [4.69, 9.17) is 17.4 Å². The van der Waals surface area contributed by atoms with Gasteiger partial charge < -0.3 is 0 Å². The van der Waals surface area contributed by atoms with Gasteiger partial charge in [-0.3, -0.25) is 16.0 Å². The molecule has 3 N–H and O–H groups in total. The molecule has 2 aromatic rings. The third-order valence-electron chi connectivity index (χ3n) is 3.10. The van der Waals surface area contributed by atoms with Gasteiger partial charge in [0, 0.05) is 17.5 Å². The normalized spacial score (nSPS) is 12.9. The Bertz CT molecular complexity index is 573. The molecule has 7 heteroatoms. The summed E-state index contributed by atoms with van der Waals surface area (Å²) < 4.78 is 2.83. The molecule has 0 bridgehead atoms. The fourth-order valence-corrected chi connectivity index (χ4v) is 3.89. The highest BCUT2D eigenvalue weighted by Crippen LogP contribution is 2.34. The number of nitrogens with two attached hydrogens (primary N) is 1. The lowest BCUT2D eigenvalue weighted by Gasteiger charge is -2.14. The molecule has 104 valence electrons. The topological polar surface area (TPSA) is 55.9 Å². The summed E-state index contributed by atoms with van der Waals surface area (Å²) in [7, 11) is 1.84. The van der Waals surface area contributed by atoms with Crippen molar-refractivity contribution in [1.82, 2.24) is 15.2 Å². The van der Waals surface area contributed by atoms with E-state index in [1.54, 1.807) is 16.0 Å². The molecule has 0 aliphatic carbocycles. The Morgan fingerprint density at radius 2 is 2.26 bits per heavy atom. The maximum atomic E-state index is 6.27. The van der Waals surface area contributed by atoms with E-state index in [2.05, 4.69) is 39.4 Å². The first-order chi connectivity index (χ1) is 8.93. The maximum absolute atomic E-state index is 6.27. The summed E-state index contributed by atoms with van der Waals surface area (Å²) in [6.07, 6.45) is 0.724. The first-order valence-corrected chi connectivity index (χ1v) is 7.82. The molecule has 0 amide bonds. The Hall–Kier alpha value is -0.400. The summed E-state index contributed by atoms with van der Waals surface area (Å²) in [6, 6.07) is 2.18. The van der Waals surface area contributed by atoms with Gasteiger partial charge in [0.15, 0.2) is 0 Å². The molecule has 0 aliphatic rings. The van der Waals surface area contributed by atoms with E-state index in [-0.39, 0.29) is 6.04 Å². The average molecular weight is 364 g/mol. The second-order valence-corrected chi connectivity index (χ2v) is 7.27. The lowest BCUT2D eigenvalue weighted by molar-refractivity contribution is 0.559. The predicted octanol–water partition coefficient (Wildman–Crippen LogP) is 3.26. The van der Waals surface area contributed by atoms with Gasteiger partial charge in [0.25, 0.3) is 0 Å². The fraction of sp³-hybridized carbons (Fsp3) is 0.417. The van der Waals surface area contributed by atoms with Crippen molar-refractivity contribution in [3.8, 4) is 0 Å². The van der Waals surface area contributed by atoms with Crippen molar-refractivity contribution in [2.45, 2.75) is 26.3 Å². The molecule has 2 heterocycles. The minimum Gasteiger partial charge on any atom is -0.271 e. The van der Waals surface area contributed by atoms with E-state index in [0.29, 0.717) is 5.15 Å². The molecular formula is C12H16BrClN4S. The molecule has 0 saturated carbocycles. The van der Waals surface area contributed by atoms with E-state index >= 15 is 0 Å². The molecule has 1 atom stereocenters. The highest BCUT2D eigenvalue weighted by Gasteiger charge is 2.19. The summed E-state index contributed by atoms with van der Waals surface area (Å²) in [5, 5.41) is 5.00. The predicted molar refractivity (Wildman–Crippen MR) is 83.5 cm³/mol. The minimum absolute atomic E-state index is 0.0374. The fourth-order valence-electron chi connectivity index (χ4n) is 2.01. The molecule has 0 spiro atoms. The third kappa shape index (κ3) is 3.03. The number of rotatable bonds is 4. The van der Waals surface area contributed by atoms with Gasteiger partial charge in [-0.25, -0.2) is 0 Å². The van der Waals surface area contributed by atoms with Crippen LogP contribution in [-0.2, 0) is 13.5 Å². The first kappa shape index (κ1) is 15.0. The molecule has 4 nitrogen and oxygen atoms in total. The number of halogens is 2. The van der Waals surface area contributed by atoms with Crippen molar-refractivity contribution in [3.05, 3.63) is 36.7 Å². The quantitative estimate of drug-likeness (QED) is 0.647. The molecule has 2 aromatic heterocycles. The van der Waals surface area contributed by atoms with Gasteiger partial charge in [-0.15, -0.1) is 11.3 Å². The second kappa shape index (κ2) is 5.93. The zero-order valence-corrected chi connectivity index (χ0v) is 14.2. The van der Waals surface area contributed by atoms with Gasteiger partial charge in [-0.1, -0.05) is 11.6 Å². The van der Waals surface area contributed by atoms with Crippen LogP contribution in [-0.4, -0.2) is 9.78 Å². The average Bonchev–Trinajstić information content (AvgIpc) is 2.80. The van der Waals surface area contributed by atoms with E-state index in [0.717, 1.165) is 21.5 Å². The number of hydrogen-bond donors (Lipinski definition) is 2. The van der Waals surface area contributed by atoms with E-state index in [1.165, 1.54) is 10.4 Å². The number of hydrazine groups is 1. The molecule has 1 unspecified atom stereocenters. The van der Waals surface area contributed by atoms with Gasteiger partial charge in [0.05, 0.1) is 15.5 Å². The van der Waals surface area contributed by atoms with Gasteiger partial charge in [0.1, 0.15) is 5.15 Å². The van der Waals surface area contributed by atoms with Crippen molar-refractivity contribution >= 4 is 38.9 Å². The monoisotopic (exact) mass is 362 g/mol. The summed E-state index contributed by atoms with van der Waals surface area (Å²) in [5.74, 6) is 5.69. The van der Waals surface area contributed by atoms with Crippen molar-refractivity contribution in [2.24, 2.45) is 12.9 Å². The molecule has 19 heavy (non-hydrogen) atoms. The van der Waals surface area contributed by atoms with Crippen LogP contribution in [0.5, 0.6) is 0 Å². The first-order valence-electron chi connectivity index (χ1n) is 5.84. The highest BCUT2D eigenvalue weighted by molar-refractivity contribution is 9.11. The summed E-state index contributed by atoms with van der Waals surface area (Å²) in [6.45, 7) is 4.03. The molecule has 0 radical (unpaired) electrons. The summed E-state index contributed by atoms with van der Waals surface area (Å²) in [5.41, 5.74) is 6.06. The van der Waals surface area contributed by atoms with E-state index in [1.807, 2.05) is 14.0 Å². The Morgan fingerprint density at radius 1 is 1.58 bits per heavy atom. The Balaban J connectivity index is 2.29. The molecule has 2 rings (SSSR count). The summed E-state index contributed by atoms with van der Waals surface area (Å²) in [4.78, 5) is 1.19.